The molecule has 0 radical (unpaired) electrons. The molecule has 0 saturated heterocycles. The van der Waals surface area contributed by atoms with Crippen LogP contribution in [-0.2, 0) is 30.4 Å². The van der Waals surface area contributed by atoms with Gasteiger partial charge in [0, 0.05) is 26.8 Å². The quantitative estimate of drug-likeness (QED) is 0.182. The van der Waals surface area contributed by atoms with Crippen molar-refractivity contribution < 1.29 is 34.4 Å². The summed E-state index contributed by atoms with van der Waals surface area (Å²) in [7, 11) is -9.33. The molecule has 2 aromatic carbocycles. The molecule has 5 N–H and O–H groups in total. The van der Waals surface area contributed by atoms with Crippen LogP contribution in [0.15, 0.2) is 46.2 Å². The Bertz CT molecular complexity index is 1450. The molecular formula is C18H22N4O8S4. The van der Waals surface area contributed by atoms with Gasteiger partial charge in [-0.2, -0.15) is 29.6 Å². The first-order valence-electron chi connectivity index (χ1n) is 9.15. The number of nitrogens with one attached hydrogen (secondary N) is 3. The smallest absolute Gasteiger partial charge is 0.301 e. The van der Waals surface area contributed by atoms with Crippen LogP contribution in [0, 0.1) is 0 Å². The molecule has 2 rings (SSSR count). The van der Waals surface area contributed by atoms with Gasteiger partial charge in [-0.25, -0.2) is 0 Å². The summed E-state index contributed by atoms with van der Waals surface area (Å²) in [5, 5.41) is 5.56. The first-order chi connectivity index (χ1) is 15.5. The molecule has 0 atom stereocenters. The third kappa shape index (κ3) is 7.20. The molecule has 0 aliphatic carbocycles. The third-order valence-electron chi connectivity index (χ3n) is 4.24. The van der Waals surface area contributed by atoms with E-state index in [1.807, 2.05) is 0 Å². The van der Waals surface area contributed by atoms with Gasteiger partial charge in [0.15, 0.2) is 5.11 Å². The number of anilines is 2. The number of rotatable bonds is 8. The fourth-order valence-electron chi connectivity index (χ4n) is 2.55. The molecule has 0 aromatic heterocycles. The van der Waals surface area contributed by atoms with Gasteiger partial charge in [-0.3, -0.25) is 13.8 Å². The molecule has 0 aliphatic rings. The SMILES string of the molecule is CNC(=S)Nc1ccc(/C=C/c2ccc(NS(=O)(=O)N(C)C)cc2S(=O)(=O)O)c(S(=O)(=O)O)c1. The van der Waals surface area contributed by atoms with Crippen LogP contribution < -0.4 is 15.4 Å². The molecule has 0 bridgehead atoms. The van der Waals surface area contributed by atoms with Crippen molar-refractivity contribution in [2.75, 3.05) is 31.2 Å². The van der Waals surface area contributed by atoms with Crippen LogP contribution in [0.3, 0.4) is 0 Å². The van der Waals surface area contributed by atoms with Crippen molar-refractivity contribution in [2.24, 2.45) is 0 Å². The molecule has 0 unspecified atom stereocenters. The molecule has 16 heteroatoms. The Morgan fingerprint density at radius 3 is 1.71 bits per heavy atom. The van der Waals surface area contributed by atoms with Crippen LogP contribution >= 0.6 is 12.2 Å². The first kappa shape index (κ1) is 27.6. The Hall–Kier alpha value is -2.60. The fraction of sp³-hybridized carbons (Fsp3) is 0.167. The lowest BCUT2D eigenvalue weighted by atomic mass is 10.1. The predicted molar refractivity (Wildman–Crippen MR) is 133 cm³/mol. The molecule has 0 spiro atoms. The second kappa shape index (κ2) is 10.3. The molecule has 0 saturated carbocycles. The largest absolute Gasteiger partial charge is 0.366 e. The van der Waals surface area contributed by atoms with E-state index in [1.54, 1.807) is 7.05 Å². The van der Waals surface area contributed by atoms with Crippen LogP contribution in [0.1, 0.15) is 11.1 Å². The maximum atomic E-state index is 12.0. The lowest BCUT2D eigenvalue weighted by molar-refractivity contribution is 0.480. The van der Waals surface area contributed by atoms with E-state index in [0.29, 0.717) is 0 Å². The standard InChI is InChI=1S/C18H22N4O8S4/c1-19-18(31)20-14-8-6-12(16(10-14)32(23,24)25)4-5-13-7-9-15(11-17(13)33(26,27)28)21-34(29,30)22(2)3/h4-11,21H,1-3H3,(H2,19,20,31)(H,23,24,25)(H,26,27,28)/b5-4+. The van der Waals surface area contributed by atoms with Crippen molar-refractivity contribution in [3.8, 4) is 0 Å². The highest BCUT2D eigenvalue weighted by Crippen LogP contribution is 2.26. The molecular weight excluding hydrogens is 528 g/mol. The summed E-state index contributed by atoms with van der Waals surface area (Å²) in [4.78, 5) is -1.12. The zero-order chi connectivity index (χ0) is 25.9. The molecule has 0 fully saturated rings. The number of hydrogen-bond acceptors (Lipinski definition) is 7. The third-order valence-corrected chi connectivity index (χ3v) is 7.82. The van der Waals surface area contributed by atoms with Crippen molar-refractivity contribution in [1.82, 2.24) is 9.62 Å². The van der Waals surface area contributed by atoms with E-state index >= 15 is 0 Å². The van der Waals surface area contributed by atoms with Crippen molar-refractivity contribution in [3.63, 3.8) is 0 Å². The van der Waals surface area contributed by atoms with E-state index in [9.17, 15) is 34.4 Å². The van der Waals surface area contributed by atoms with E-state index in [2.05, 4.69) is 15.4 Å². The second-order valence-electron chi connectivity index (χ2n) is 6.88. The Labute approximate surface area is 203 Å². The summed E-state index contributed by atoms with van der Waals surface area (Å²) in [6.45, 7) is 0. The minimum Gasteiger partial charge on any atom is -0.366 e. The average molecular weight is 551 g/mol. The van der Waals surface area contributed by atoms with Gasteiger partial charge in [0.1, 0.15) is 9.79 Å². The van der Waals surface area contributed by atoms with Crippen LogP contribution in [0.4, 0.5) is 11.4 Å². The summed E-state index contributed by atoms with van der Waals surface area (Å²) in [5.41, 5.74) is 0.0607. The highest BCUT2D eigenvalue weighted by molar-refractivity contribution is 7.90. The Kier molecular flexibility index (Phi) is 8.41. The first-order valence-corrected chi connectivity index (χ1v) is 13.9. The van der Waals surface area contributed by atoms with Gasteiger partial charge in [-0.1, -0.05) is 24.3 Å². The molecule has 186 valence electrons. The topological polar surface area (TPSA) is 182 Å². The van der Waals surface area contributed by atoms with Gasteiger partial charge in [-0.15, -0.1) is 0 Å². The number of benzene rings is 2. The van der Waals surface area contributed by atoms with Crippen molar-refractivity contribution in [1.29, 1.82) is 0 Å². The van der Waals surface area contributed by atoms with Crippen molar-refractivity contribution in [3.05, 3.63) is 47.5 Å². The summed E-state index contributed by atoms with van der Waals surface area (Å²) >= 11 is 4.95. The highest BCUT2D eigenvalue weighted by Gasteiger charge is 2.19. The van der Waals surface area contributed by atoms with Gasteiger partial charge in [0.25, 0.3) is 20.2 Å². The number of thiocarbonyl (C=S) groups is 1. The van der Waals surface area contributed by atoms with E-state index < -0.39 is 40.2 Å². The summed E-state index contributed by atoms with van der Waals surface area (Å²) < 4.78 is 93.8. The summed E-state index contributed by atoms with van der Waals surface area (Å²) in [5.74, 6) is 0. The van der Waals surface area contributed by atoms with Crippen LogP contribution in [0.25, 0.3) is 12.2 Å². The molecule has 2 aromatic rings. The Morgan fingerprint density at radius 1 is 0.853 bits per heavy atom. The summed E-state index contributed by atoms with van der Waals surface area (Å²) in [6, 6.07) is 7.31. The van der Waals surface area contributed by atoms with Gasteiger partial charge >= 0.3 is 10.2 Å². The van der Waals surface area contributed by atoms with E-state index in [4.69, 9.17) is 12.2 Å². The predicted octanol–water partition coefficient (Wildman–Crippen LogP) is 1.48. The normalized spacial score (nSPS) is 12.6. The zero-order valence-corrected chi connectivity index (χ0v) is 21.3. The summed E-state index contributed by atoms with van der Waals surface area (Å²) in [6.07, 6.45) is 2.39. The minimum absolute atomic E-state index is 0.00195. The number of hydrogen-bond donors (Lipinski definition) is 5. The van der Waals surface area contributed by atoms with Crippen molar-refractivity contribution >= 4 is 71.3 Å². The second-order valence-corrected chi connectivity index (χ2v) is 12.0. The minimum atomic E-state index is -4.80. The monoisotopic (exact) mass is 550 g/mol. The molecule has 0 amide bonds. The molecule has 0 aliphatic heterocycles. The lowest BCUT2D eigenvalue weighted by Gasteiger charge is -2.14. The Balaban J connectivity index is 2.55. The maximum absolute atomic E-state index is 12.0. The van der Waals surface area contributed by atoms with Crippen molar-refractivity contribution in [2.45, 2.75) is 9.79 Å². The fourth-order valence-corrected chi connectivity index (χ4v) is 4.69. The van der Waals surface area contributed by atoms with E-state index in [-0.39, 0.29) is 27.6 Å². The zero-order valence-electron chi connectivity index (χ0n) is 18.0. The van der Waals surface area contributed by atoms with Gasteiger partial charge in [0.05, 0.1) is 5.69 Å². The van der Waals surface area contributed by atoms with Crippen LogP contribution in [0.5, 0.6) is 0 Å². The van der Waals surface area contributed by atoms with E-state index in [0.717, 1.165) is 16.4 Å². The van der Waals surface area contributed by atoms with Gasteiger partial charge in [0.2, 0.25) is 0 Å². The Morgan fingerprint density at radius 2 is 1.29 bits per heavy atom. The van der Waals surface area contributed by atoms with Gasteiger partial charge < -0.3 is 10.6 Å². The average Bonchev–Trinajstić information content (AvgIpc) is 2.71. The molecule has 12 nitrogen and oxygen atoms in total. The van der Waals surface area contributed by atoms with Crippen LogP contribution in [-0.4, -0.2) is 64.9 Å². The van der Waals surface area contributed by atoms with E-state index in [1.165, 1.54) is 50.5 Å². The highest BCUT2D eigenvalue weighted by atomic mass is 32.2. The molecule has 34 heavy (non-hydrogen) atoms. The lowest BCUT2D eigenvalue weighted by Crippen LogP contribution is -2.29. The number of nitrogens with zero attached hydrogens (tertiary/aromatic N) is 1. The molecule has 0 heterocycles. The van der Waals surface area contributed by atoms with Crippen LogP contribution in [0.2, 0.25) is 0 Å². The van der Waals surface area contributed by atoms with Gasteiger partial charge in [-0.05, 0) is 47.6 Å². The maximum Gasteiger partial charge on any atom is 0.301 e.